The Kier molecular flexibility index (Phi) is 4.15. The van der Waals surface area contributed by atoms with Gasteiger partial charge in [0.2, 0.25) is 0 Å². The van der Waals surface area contributed by atoms with E-state index in [1.807, 2.05) is 0 Å². The van der Waals surface area contributed by atoms with Gasteiger partial charge in [0.15, 0.2) is 0 Å². The minimum absolute atomic E-state index is 0.219. The Hall–Kier alpha value is -0.120. The van der Waals surface area contributed by atoms with Crippen LogP contribution in [0.15, 0.2) is 0 Å². The van der Waals surface area contributed by atoms with E-state index in [1.54, 1.807) is 0 Å². The summed E-state index contributed by atoms with van der Waals surface area (Å²) >= 11 is 0. The molecule has 2 unspecified atom stereocenters. The van der Waals surface area contributed by atoms with Gasteiger partial charge in [-0.05, 0) is 36.6 Å². The molecular formula is C12H26N2O. The van der Waals surface area contributed by atoms with Gasteiger partial charge in [-0.3, -0.25) is 0 Å². The number of nitrogens with two attached hydrogens (primary N) is 1. The van der Waals surface area contributed by atoms with Crippen LogP contribution in [0.3, 0.4) is 0 Å². The summed E-state index contributed by atoms with van der Waals surface area (Å²) in [6.07, 6.45) is 3.52. The fourth-order valence-electron chi connectivity index (χ4n) is 3.20. The van der Waals surface area contributed by atoms with Crippen LogP contribution < -0.4 is 11.1 Å². The van der Waals surface area contributed by atoms with Gasteiger partial charge in [-0.15, -0.1) is 0 Å². The average molecular weight is 214 g/mol. The predicted molar refractivity (Wildman–Crippen MR) is 63.7 cm³/mol. The molecule has 1 fully saturated rings. The van der Waals surface area contributed by atoms with Crippen LogP contribution in [0.5, 0.6) is 0 Å². The van der Waals surface area contributed by atoms with Crippen molar-refractivity contribution in [1.82, 2.24) is 5.32 Å². The summed E-state index contributed by atoms with van der Waals surface area (Å²) < 4.78 is 0. The first-order valence-corrected chi connectivity index (χ1v) is 5.95. The van der Waals surface area contributed by atoms with Gasteiger partial charge in [-0.1, -0.05) is 20.8 Å². The molecule has 2 atom stereocenters. The summed E-state index contributed by atoms with van der Waals surface area (Å²) in [5.74, 6) is 0. The van der Waals surface area contributed by atoms with Crippen molar-refractivity contribution >= 4 is 0 Å². The molecule has 3 nitrogen and oxygen atoms in total. The van der Waals surface area contributed by atoms with Gasteiger partial charge in [-0.25, -0.2) is 0 Å². The van der Waals surface area contributed by atoms with Gasteiger partial charge < -0.3 is 16.2 Å². The van der Waals surface area contributed by atoms with Crippen molar-refractivity contribution in [3.63, 3.8) is 0 Å². The Balaban J connectivity index is 2.60. The van der Waals surface area contributed by atoms with Gasteiger partial charge in [0.05, 0.1) is 6.61 Å². The molecule has 15 heavy (non-hydrogen) atoms. The van der Waals surface area contributed by atoms with Crippen LogP contribution in [0.2, 0.25) is 0 Å². The van der Waals surface area contributed by atoms with E-state index in [2.05, 4.69) is 26.1 Å². The highest BCUT2D eigenvalue weighted by Crippen LogP contribution is 2.45. The van der Waals surface area contributed by atoms with Crippen LogP contribution in [0.1, 0.15) is 40.0 Å². The third-order valence-corrected chi connectivity index (χ3v) is 3.48. The fourth-order valence-corrected chi connectivity index (χ4v) is 3.20. The molecule has 4 N–H and O–H groups in total. The maximum absolute atomic E-state index is 8.83. The minimum atomic E-state index is 0.219. The van der Waals surface area contributed by atoms with Crippen LogP contribution in [0.4, 0.5) is 0 Å². The van der Waals surface area contributed by atoms with Crippen molar-refractivity contribution < 1.29 is 5.11 Å². The first kappa shape index (κ1) is 12.9. The minimum Gasteiger partial charge on any atom is -0.395 e. The van der Waals surface area contributed by atoms with E-state index in [0.29, 0.717) is 18.0 Å². The molecule has 0 aromatic heterocycles. The standard InChI is InChI=1S/C12H26N2O/c1-11(2)6-10(14-4-5-15)7-12(3,8-11)9-13/h10,14-15H,4-9,13H2,1-3H3. The molecule has 0 amide bonds. The Morgan fingerprint density at radius 2 is 2.00 bits per heavy atom. The summed E-state index contributed by atoms with van der Waals surface area (Å²) in [4.78, 5) is 0. The van der Waals surface area contributed by atoms with Crippen molar-refractivity contribution in [3.8, 4) is 0 Å². The maximum Gasteiger partial charge on any atom is 0.0556 e. The lowest BCUT2D eigenvalue weighted by molar-refractivity contribution is 0.0753. The zero-order chi connectivity index (χ0) is 11.5. The van der Waals surface area contributed by atoms with Crippen LogP contribution in [0, 0.1) is 10.8 Å². The Bertz CT molecular complexity index is 206. The molecule has 90 valence electrons. The summed E-state index contributed by atoms with van der Waals surface area (Å²) in [6, 6.07) is 0.509. The lowest BCUT2D eigenvalue weighted by Crippen LogP contribution is -2.48. The van der Waals surface area contributed by atoms with Gasteiger partial charge in [0.1, 0.15) is 0 Å². The normalized spacial score (nSPS) is 35.4. The second kappa shape index (κ2) is 4.81. The Morgan fingerprint density at radius 1 is 1.33 bits per heavy atom. The monoisotopic (exact) mass is 214 g/mol. The molecule has 1 saturated carbocycles. The number of hydrogen-bond acceptors (Lipinski definition) is 3. The third kappa shape index (κ3) is 3.74. The molecule has 0 spiro atoms. The second-order valence-corrected chi connectivity index (χ2v) is 6.14. The van der Waals surface area contributed by atoms with Crippen LogP contribution in [-0.4, -0.2) is 30.8 Å². The van der Waals surface area contributed by atoms with E-state index in [9.17, 15) is 0 Å². The number of rotatable bonds is 4. The lowest BCUT2D eigenvalue weighted by Gasteiger charge is -2.46. The summed E-state index contributed by atoms with van der Waals surface area (Å²) in [5, 5.41) is 12.2. The Labute approximate surface area is 93.4 Å². The molecule has 3 heteroatoms. The maximum atomic E-state index is 8.83. The second-order valence-electron chi connectivity index (χ2n) is 6.14. The van der Waals surface area contributed by atoms with E-state index in [1.165, 1.54) is 12.8 Å². The molecule has 0 saturated heterocycles. The fraction of sp³-hybridized carbons (Fsp3) is 1.00. The van der Waals surface area contributed by atoms with Crippen molar-refractivity contribution in [1.29, 1.82) is 0 Å². The van der Waals surface area contributed by atoms with Crippen molar-refractivity contribution in [2.24, 2.45) is 16.6 Å². The smallest absolute Gasteiger partial charge is 0.0556 e. The summed E-state index contributed by atoms with van der Waals surface area (Å²) in [5.41, 5.74) is 6.49. The molecule has 0 aromatic carbocycles. The summed E-state index contributed by atoms with van der Waals surface area (Å²) in [6.45, 7) is 8.58. The molecule has 1 aliphatic carbocycles. The first-order chi connectivity index (χ1) is 6.91. The van der Waals surface area contributed by atoms with E-state index in [4.69, 9.17) is 10.8 Å². The van der Waals surface area contributed by atoms with Crippen molar-refractivity contribution in [3.05, 3.63) is 0 Å². The van der Waals surface area contributed by atoms with Crippen LogP contribution in [-0.2, 0) is 0 Å². The van der Waals surface area contributed by atoms with E-state index in [-0.39, 0.29) is 12.0 Å². The molecule has 1 rings (SSSR count). The largest absolute Gasteiger partial charge is 0.395 e. The molecule has 0 aliphatic heterocycles. The quantitative estimate of drug-likeness (QED) is 0.657. The SMILES string of the molecule is CC1(C)CC(NCCO)CC(C)(CN)C1. The molecule has 1 aliphatic rings. The highest BCUT2D eigenvalue weighted by atomic mass is 16.3. The molecule has 0 bridgehead atoms. The van der Waals surface area contributed by atoms with Crippen molar-refractivity contribution in [2.75, 3.05) is 19.7 Å². The first-order valence-electron chi connectivity index (χ1n) is 5.95. The average Bonchev–Trinajstić information content (AvgIpc) is 2.12. The highest BCUT2D eigenvalue weighted by molar-refractivity contribution is 4.94. The van der Waals surface area contributed by atoms with Gasteiger partial charge in [0, 0.05) is 12.6 Å². The Morgan fingerprint density at radius 3 is 2.53 bits per heavy atom. The van der Waals surface area contributed by atoms with E-state index < -0.39 is 0 Å². The molecule has 0 heterocycles. The van der Waals surface area contributed by atoms with Gasteiger partial charge >= 0.3 is 0 Å². The number of hydrogen-bond donors (Lipinski definition) is 3. The van der Waals surface area contributed by atoms with Crippen LogP contribution >= 0.6 is 0 Å². The zero-order valence-electron chi connectivity index (χ0n) is 10.3. The highest BCUT2D eigenvalue weighted by Gasteiger charge is 2.39. The number of aliphatic hydroxyl groups is 1. The molecule has 0 aromatic rings. The molecule has 0 radical (unpaired) electrons. The van der Waals surface area contributed by atoms with Crippen molar-refractivity contribution in [2.45, 2.75) is 46.1 Å². The predicted octanol–water partition coefficient (Wildman–Crippen LogP) is 1.11. The topological polar surface area (TPSA) is 58.3 Å². The molecular weight excluding hydrogens is 188 g/mol. The zero-order valence-corrected chi connectivity index (χ0v) is 10.3. The third-order valence-electron chi connectivity index (χ3n) is 3.48. The van der Waals surface area contributed by atoms with E-state index in [0.717, 1.165) is 13.0 Å². The lowest BCUT2D eigenvalue weighted by atomic mass is 9.62. The van der Waals surface area contributed by atoms with Gasteiger partial charge in [0.25, 0.3) is 0 Å². The van der Waals surface area contributed by atoms with Gasteiger partial charge in [-0.2, -0.15) is 0 Å². The summed E-state index contributed by atoms with van der Waals surface area (Å²) in [7, 11) is 0. The van der Waals surface area contributed by atoms with Crippen LogP contribution in [0.25, 0.3) is 0 Å². The number of aliphatic hydroxyl groups excluding tert-OH is 1. The van der Waals surface area contributed by atoms with E-state index >= 15 is 0 Å². The number of nitrogens with one attached hydrogen (secondary N) is 1.